The fourth-order valence-corrected chi connectivity index (χ4v) is 3.48. The summed E-state index contributed by atoms with van der Waals surface area (Å²) < 4.78 is 0. The minimum absolute atomic E-state index is 0.721. The third-order valence-electron chi connectivity index (χ3n) is 4.54. The molecule has 0 saturated carbocycles. The van der Waals surface area contributed by atoms with Crippen molar-refractivity contribution >= 4 is 16.6 Å². The van der Waals surface area contributed by atoms with Gasteiger partial charge < -0.3 is 5.73 Å². The van der Waals surface area contributed by atoms with Gasteiger partial charge in [-0.25, -0.2) is 0 Å². The van der Waals surface area contributed by atoms with E-state index in [1.54, 1.807) is 0 Å². The summed E-state index contributed by atoms with van der Waals surface area (Å²) in [5, 5.41) is 1.06. The number of anilines is 1. The molecule has 2 N–H and O–H groups in total. The Kier molecular flexibility index (Phi) is 4.39. The first-order valence-electron chi connectivity index (χ1n) is 8.16. The van der Waals surface area contributed by atoms with E-state index in [0.29, 0.717) is 0 Å². The number of rotatable bonds is 4. The van der Waals surface area contributed by atoms with Crippen molar-refractivity contribution < 1.29 is 0 Å². The second-order valence-corrected chi connectivity index (χ2v) is 6.13. The molecule has 3 rings (SSSR count). The lowest BCUT2D eigenvalue weighted by Crippen LogP contribution is -2.39. The SMILES string of the molecule is CCCC1CCCCN1Cc1cc(N)c2ccccc2n1. The fourth-order valence-electron chi connectivity index (χ4n) is 3.48. The minimum atomic E-state index is 0.721. The van der Waals surface area contributed by atoms with Crippen LogP contribution in [0.5, 0.6) is 0 Å². The Balaban J connectivity index is 1.83. The molecule has 1 aromatic carbocycles. The molecule has 3 nitrogen and oxygen atoms in total. The molecule has 0 amide bonds. The average molecular weight is 283 g/mol. The highest BCUT2D eigenvalue weighted by Gasteiger charge is 2.22. The number of hydrogen-bond acceptors (Lipinski definition) is 3. The summed E-state index contributed by atoms with van der Waals surface area (Å²) in [7, 11) is 0. The zero-order valence-electron chi connectivity index (χ0n) is 12.9. The topological polar surface area (TPSA) is 42.1 Å². The van der Waals surface area contributed by atoms with Gasteiger partial charge >= 0.3 is 0 Å². The molecule has 0 radical (unpaired) electrons. The van der Waals surface area contributed by atoms with E-state index >= 15 is 0 Å². The van der Waals surface area contributed by atoms with Gasteiger partial charge in [0.2, 0.25) is 0 Å². The lowest BCUT2D eigenvalue weighted by atomic mass is 9.98. The standard InChI is InChI=1S/C18H25N3/c1-2-7-15-8-5-6-11-21(15)13-14-12-17(19)16-9-3-4-10-18(16)20-14/h3-4,9-10,12,15H,2,5-8,11,13H2,1H3,(H2,19,20). The Bertz CT molecular complexity index is 606. The predicted molar refractivity (Wildman–Crippen MR) is 89.1 cm³/mol. The summed E-state index contributed by atoms with van der Waals surface area (Å²) in [4.78, 5) is 7.40. The molecule has 1 aliphatic heterocycles. The first kappa shape index (κ1) is 14.3. The maximum atomic E-state index is 6.20. The van der Waals surface area contributed by atoms with Gasteiger partial charge in [0.05, 0.1) is 11.2 Å². The molecule has 2 aromatic rings. The first-order valence-corrected chi connectivity index (χ1v) is 8.16. The summed E-state index contributed by atoms with van der Waals surface area (Å²) in [5.41, 5.74) is 9.16. The number of piperidine rings is 1. The van der Waals surface area contributed by atoms with Gasteiger partial charge in [-0.3, -0.25) is 9.88 Å². The lowest BCUT2D eigenvalue weighted by Gasteiger charge is -2.35. The number of pyridine rings is 1. The Hall–Kier alpha value is -1.61. The van der Waals surface area contributed by atoms with Crippen molar-refractivity contribution in [3.05, 3.63) is 36.0 Å². The van der Waals surface area contributed by atoms with E-state index in [1.807, 2.05) is 18.2 Å². The first-order chi connectivity index (χ1) is 10.3. The fraction of sp³-hybridized carbons (Fsp3) is 0.500. The molecule has 112 valence electrons. The van der Waals surface area contributed by atoms with Crippen molar-refractivity contribution in [3.8, 4) is 0 Å². The average Bonchev–Trinajstić information content (AvgIpc) is 2.50. The Morgan fingerprint density at radius 1 is 1.29 bits per heavy atom. The quantitative estimate of drug-likeness (QED) is 0.923. The highest BCUT2D eigenvalue weighted by molar-refractivity contribution is 5.90. The smallest absolute Gasteiger partial charge is 0.0726 e. The second-order valence-electron chi connectivity index (χ2n) is 6.13. The Morgan fingerprint density at radius 2 is 2.14 bits per heavy atom. The van der Waals surface area contributed by atoms with E-state index in [0.717, 1.165) is 34.9 Å². The van der Waals surface area contributed by atoms with Crippen LogP contribution in [0, 0.1) is 0 Å². The lowest BCUT2D eigenvalue weighted by molar-refractivity contribution is 0.130. The monoisotopic (exact) mass is 283 g/mol. The van der Waals surface area contributed by atoms with E-state index in [-0.39, 0.29) is 0 Å². The third kappa shape index (κ3) is 3.18. The molecule has 0 spiro atoms. The van der Waals surface area contributed by atoms with E-state index in [1.165, 1.54) is 38.6 Å². The van der Waals surface area contributed by atoms with Gasteiger partial charge in [-0.15, -0.1) is 0 Å². The molecule has 21 heavy (non-hydrogen) atoms. The number of hydrogen-bond donors (Lipinski definition) is 1. The molecule has 0 bridgehead atoms. The number of aromatic nitrogens is 1. The van der Waals surface area contributed by atoms with Gasteiger partial charge in [-0.2, -0.15) is 0 Å². The van der Waals surface area contributed by atoms with Crippen molar-refractivity contribution in [2.24, 2.45) is 0 Å². The highest BCUT2D eigenvalue weighted by Crippen LogP contribution is 2.25. The summed E-state index contributed by atoms with van der Waals surface area (Å²) in [6.07, 6.45) is 6.56. The van der Waals surface area contributed by atoms with Gasteiger partial charge in [-0.1, -0.05) is 38.0 Å². The number of nitrogens with two attached hydrogens (primary N) is 1. The van der Waals surface area contributed by atoms with Crippen LogP contribution in [0.4, 0.5) is 5.69 Å². The van der Waals surface area contributed by atoms with Crippen LogP contribution < -0.4 is 5.73 Å². The number of nitrogen functional groups attached to an aromatic ring is 1. The van der Waals surface area contributed by atoms with E-state index in [4.69, 9.17) is 10.7 Å². The number of nitrogens with zero attached hydrogens (tertiary/aromatic N) is 2. The second kappa shape index (κ2) is 6.44. The van der Waals surface area contributed by atoms with Crippen molar-refractivity contribution in [2.75, 3.05) is 12.3 Å². The van der Waals surface area contributed by atoms with Crippen LogP contribution in [0.2, 0.25) is 0 Å². The zero-order chi connectivity index (χ0) is 14.7. The zero-order valence-corrected chi connectivity index (χ0v) is 12.9. The molecule has 1 saturated heterocycles. The van der Waals surface area contributed by atoms with Crippen LogP contribution in [0.3, 0.4) is 0 Å². The summed E-state index contributed by atoms with van der Waals surface area (Å²) >= 11 is 0. The van der Waals surface area contributed by atoms with Crippen LogP contribution in [0.15, 0.2) is 30.3 Å². The van der Waals surface area contributed by atoms with Gasteiger partial charge in [0.15, 0.2) is 0 Å². The van der Waals surface area contributed by atoms with Crippen LogP contribution in [-0.2, 0) is 6.54 Å². The maximum Gasteiger partial charge on any atom is 0.0726 e. The molecule has 1 aromatic heterocycles. The number of benzene rings is 1. The normalized spacial score (nSPS) is 20.0. The van der Waals surface area contributed by atoms with Gasteiger partial charge in [-0.05, 0) is 37.9 Å². The summed E-state index contributed by atoms with van der Waals surface area (Å²) in [6, 6.07) is 10.9. The summed E-state index contributed by atoms with van der Waals surface area (Å²) in [6.45, 7) is 4.40. The Morgan fingerprint density at radius 3 is 3.00 bits per heavy atom. The maximum absolute atomic E-state index is 6.20. The number of fused-ring (bicyclic) bond motifs is 1. The molecular formula is C18H25N3. The molecule has 2 heterocycles. The van der Waals surface area contributed by atoms with Crippen LogP contribution in [0.1, 0.15) is 44.7 Å². The third-order valence-corrected chi connectivity index (χ3v) is 4.54. The minimum Gasteiger partial charge on any atom is -0.398 e. The van der Waals surface area contributed by atoms with E-state index in [9.17, 15) is 0 Å². The van der Waals surface area contributed by atoms with Crippen molar-refractivity contribution in [1.29, 1.82) is 0 Å². The van der Waals surface area contributed by atoms with E-state index in [2.05, 4.69) is 24.0 Å². The largest absolute Gasteiger partial charge is 0.398 e. The molecule has 1 unspecified atom stereocenters. The van der Waals surface area contributed by atoms with Crippen LogP contribution in [0.25, 0.3) is 10.9 Å². The van der Waals surface area contributed by atoms with Gasteiger partial charge in [0.1, 0.15) is 0 Å². The Labute approximate surface area is 127 Å². The van der Waals surface area contributed by atoms with Gasteiger partial charge in [0.25, 0.3) is 0 Å². The number of likely N-dealkylation sites (tertiary alicyclic amines) is 1. The van der Waals surface area contributed by atoms with Crippen LogP contribution >= 0.6 is 0 Å². The van der Waals surface area contributed by atoms with Crippen molar-refractivity contribution in [1.82, 2.24) is 9.88 Å². The van der Waals surface area contributed by atoms with E-state index < -0.39 is 0 Å². The van der Waals surface area contributed by atoms with Crippen molar-refractivity contribution in [2.45, 2.75) is 51.6 Å². The highest BCUT2D eigenvalue weighted by atomic mass is 15.2. The molecular weight excluding hydrogens is 258 g/mol. The van der Waals surface area contributed by atoms with Gasteiger partial charge in [0, 0.05) is 23.7 Å². The molecule has 3 heteroatoms. The molecule has 0 aliphatic carbocycles. The van der Waals surface area contributed by atoms with Crippen molar-refractivity contribution in [3.63, 3.8) is 0 Å². The summed E-state index contributed by atoms with van der Waals surface area (Å²) in [5.74, 6) is 0. The predicted octanol–water partition coefficient (Wildman–Crippen LogP) is 3.97. The molecule has 1 aliphatic rings. The van der Waals surface area contributed by atoms with Crippen LogP contribution in [-0.4, -0.2) is 22.5 Å². The molecule has 1 fully saturated rings. The number of para-hydroxylation sites is 1. The molecule has 1 atom stereocenters.